The Labute approximate surface area is 118 Å². The van der Waals surface area contributed by atoms with Crippen LogP contribution in [-0.4, -0.2) is 78.4 Å². The number of carbonyl (C=O) groups is 2. The standard InChI is InChI=1S/C13H23N3O4/c1-10-11(3-9-20-10)14-13(19)16-7-5-15(6-8-16)4-2-12(17)18/h10-11H,2-9H2,1H3,(H,14,19)(H,17,18). The summed E-state index contributed by atoms with van der Waals surface area (Å²) >= 11 is 0. The molecule has 7 nitrogen and oxygen atoms in total. The lowest BCUT2D eigenvalue weighted by molar-refractivity contribution is -0.137. The number of nitrogens with one attached hydrogen (secondary N) is 1. The highest BCUT2D eigenvalue weighted by Crippen LogP contribution is 2.13. The summed E-state index contributed by atoms with van der Waals surface area (Å²) in [5.74, 6) is -0.777. The maximum Gasteiger partial charge on any atom is 0.317 e. The van der Waals surface area contributed by atoms with E-state index in [1.54, 1.807) is 4.90 Å². The lowest BCUT2D eigenvalue weighted by atomic mass is 10.1. The van der Waals surface area contributed by atoms with E-state index < -0.39 is 5.97 Å². The average molecular weight is 285 g/mol. The molecule has 2 atom stereocenters. The summed E-state index contributed by atoms with van der Waals surface area (Å²) in [7, 11) is 0. The zero-order valence-corrected chi connectivity index (χ0v) is 11.9. The number of ether oxygens (including phenoxy) is 1. The summed E-state index contributed by atoms with van der Waals surface area (Å²) in [5.41, 5.74) is 0. The number of nitrogens with zero attached hydrogens (tertiary/aromatic N) is 2. The van der Waals surface area contributed by atoms with Crippen molar-refractivity contribution in [2.24, 2.45) is 0 Å². The zero-order chi connectivity index (χ0) is 14.5. The molecule has 0 saturated carbocycles. The Balaban J connectivity index is 1.70. The summed E-state index contributed by atoms with van der Waals surface area (Å²) in [6, 6.07) is 0.0674. The van der Waals surface area contributed by atoms with E-state index in [0.29, 0.717) is 26.2 Å². The third-order valence-corrected chi connectivity index (χ3v) is 3.99. The number of carbonyl (C=O) groups excluding carboxylic acids is 1. The molecule has 2 fully saturated rings. The fraction of sp³-hybridized carbons (Fsp3) is 0.846. The van der Waals surface area contributed by atoms with Gasteiger partial charge >= 0.3 is 12.0 Å². The molecule has 2 N–H and O–H groups in total. The molecule has 2 rings (SSSR count). The van der Waals surface area contributed by atoms with Crippen LogP contribution in [0.3, 0.4) is 0 Å². The van der Waals surface area contributed by atoms with Crippen LogP contribution in [0.2, 0.25) is 0 Å². The monoisotopic (exact) mass is 285 g/mol. The summed E-state index contributed by atoms with van der Waals surface area (Å²) < 4.78 is 5.43. The van der Waals surface area contributed by atoms with Gasteiger partial charge in [0.15, 0.2) is 0 Å². The Morgan fingerprint density at radius 2 is 2.00 bits per heavy atom. The van der Waals surface area contributed by atoms with Crippen molar-refractivity contribution < 1.29 is 19.4 Å². The first kappa shape index (κ1) is 15.1. The van der Waals surface area contributed by atoms with E-state index in [1.165, 1.54) is 0 Å². The minimum absolute atomic E-state index is 0.0368. The molecule has 2 unspecified atom stereocenters. The van der Waals surface area contributed by atoms with Crippen LogP contribution in [0.5, 0.6) is 0 Å². The van der Waals surface area contributed by atoms with Crippen LogP contribution < -0.4 is 5.32 Å². The molecule has 0 radical (unpaired) electrons. The minimum atomic E-state index is -0.777. The molecule has 0 aromatic carbocycles. The van der Waals surface area contributed by atoms with Crippen LogP contribution in [0.4, 0.5) is 4.79 Å². The van der Waals surface area contributed by atoms with E-state index in [4.69, 9.17) is 9.84 Å². The quantitative estimate of drug-likeness (QED) is 0.758. The number of hydrogen-bond donors (Lipinski definition) is 2. The van der Waals surface area contributed by atoms with E-state index in [0.717, 1.165) is 19.5 Å². The van der Waals surface area contributed by atoms with Crippen molar-refractivity contribution in [3.8, 4) is 0 Å². The van der Waals surface area contributed by atoms with Gasteiger partial charge in [-0.25, -0.2) is 4.79 Å². The second-order valence-electron chi connectivity index (χ2n) is 5.39. The van der Waals surface area contributed by atoms with Crippen molar-refractivity contribution in [1.29, 1.82) is 0 Å². The van der Waals surface area contributed by atoms with E-state index in [9.17, 15) is 9.59 Å². The van der Waals surface area contributed by atoms with Gasteiger partial charge in [0.25, 0.3) is 0 Å². The van der Waals surface area contributed by atoms with Gasteiger partial charge < -0.3 is 20.1 Å². The molecule has 2 aliphatic rings. The Morgan fingerprint density at radius 3 is 2.55 bits per heavy atom. The lowest BCUT2D eigenvalue weighted by Gasteiger charge is -2.35. The molecule has 2 amide bonds. The number of hydrogen-bond acceptors (Lipinski definition) is 4. The Kier molecular flexibility index (Phi) is 5.19. The van der Waals surface area contributed by atoms with Gasteiger partial charge in [-0.3, -0.25) is 9.69 Å². The highest BCUT2D eigenvalue weighted by atomic mass is 16.5. The van der Waals surface area contributed by atoms with Crippen LogP contribution in [0.25, 0.3) is 0 Å². The number of carboxylic acid groups (broad SMARTS) is 1. The van der Waals surface area contributed by atoms with Gasteiger partial charge in [-0.15, -0.1) is 0 Å². The van der Waals surface area contributed by atoms with Crippen molar-refractivity contribution in [1.82, 2.24) is 15.1 Å². The van der Waals surface area contributed by atoms with E-state index in [1.807, 2.05) is 6.92 Å². The van der Waals surface area contributed by atoms with Gasteiger partial charge in [0, 0.05) is 39.3 Å². The molecule has 2 saturated heterocycles. The number of rotatable bonds is 4. The molecular formula is C13H23N3O4. The molecule has 0 aromatic rings. The Bertz CT molecular complexity index is 356. The van der Waals surface area contributed by atoms with Gasteiger partial charge in [-0.2, -0.15) is 0 Å². The van der Waals surface area contributed by atoms with Crippen LogP contribution in [0.15, 0.2) is 0 Å². The number of piperazine rings is 1. The second-order valence-corrected chi connectivity index (χ2v) is 5.39. The van der Waals surface area contributed by atoms with Crippen molar-refractivity contribution in [2.75, 3.05) is 39.3 Å². The molecule has 2 aliphatic heterocycles. The number of aliphatic carboxylic acids is 1. The predicted molar refractivity (Wildman–Crippen MR) is 72.6 cm³/mol. The summed E-state index contributed by atoms with van der Waals surface area (Å²) in [6.45, 7) is 5.99. The highest BCUT2D eigenvalue weighted by Gasteiger charge is 2.28. The van der Waals surface area contributed by atoms with Gasteiger partial charge in [0.1, 0.15) is 0 Å². The van der Waals surface area contributed by atoms with Gasteiger partial charge in [0.2, 0.25) is 0 Å². The fourth-order valence-corrected chi connectivity index (χ4v) is 2.60. The lowest BCUT2D eigenvalue weighted by Crippen LogP contribution is -2.54. The molecule has 20 heavy (non-hydrogen) atoms. The first-order chi connectivity index (χ1) is 9.56. The second kappa shape index (κ2) is 6.90. The molecule has 2 heterocycles. The maximum atomic E-state index is 12.1. The predicted octanol–water partition coefficient (Wildman–Crippen LogP) is -0.0343. The molecule has 0 spiro atoms. The molecule has 0 bridgehead atoms. The number of carboxylic acids is 1. The normalized spacial score (nSPS) is 27.6. The first-order valence-corrected chi connectivity index (χ1v) is 7.17. The first-order valence-electron chi connectivity index (χ1n) is 7.17. The van der Waals surface area contributed by atoms with E-state index in [2.05, 4.69) is 10.2 Å². The summed E-state index contributed by atoms with van der Waals surface area (Å²) in [4.78, 5) is 26.5. The van der Waals surface area contributed by atoms with E-state index >= 15 is 0 Å². The van der Waals surface area contributed by atoms with Crippen molar-refractivity contribution >= 4 is 12.0 Å². The van der Waals surface area contributed by atoms with Crippen molar-refractivity contribution in [3.63, 3.8) is 0 Å². The highest BCUT2D eigenvalue weighted by molar-refractivity contribution is 5.74. The molecule has 0 aromatic heterocycles. The largest absolute Gasteiger partial charge is 0.481 e. The third-order valence-electron chi connectivity index (χ3n) is 3.99. The van der Waals surface area contributed by atoms with Crippen LogP contribution in [0.1, 0.15) is 19.8 Å². The molecular weight excluding hydrogens is 262 g/mol. The van der Waals surface area contributed by atoms with Gasteiger partial charge in [0.05, 0.1) is 18.6 Å². The Morgan fingerprint density at radius 1 is 1.30 bits per heavy atom. The molecule has 114 valence electrons. The molecule has 0 aliphatic carbocycles. The number of urea groups is 1. The van der Waals surface area contributed by atoms with Crippen molar-refractivity contribution in [3.05, 3.63) is 0 Å². The zero-order valence-electron chi connectivity index (χ0n) is 11.9. The fourth-order valence-electron chi connectivity index (χ4n) is 2.60. The third kappa shape index (κ3) is 4.08. The maximum absolute atomic E-state index is 12.1. The minimum Gasteiger partial charge on any atom is -0.481 e. The van der Waals surface area contributed by atoms with Gasteiger partial charge in [-0.05, 0) is 13.3 Å². The SMILES string of the molecule is CC1OCCC1NC(=O)N1CCN(CCC(=O)O)CC1. The number of amides is 2. The van der Waals surface area contributed by atoms with Gasteiger partial charge in [-0.1, -0.05) is 0 Å². The topological polar surface area (TPSA) is 82.1 Å². The summed E-state index contributed by atoms with van der Waals surface area (Å²) in [6.07, 6.45) is 1.10. The average Bonchev–Trinajstić information content (AvgIpc) is 2.82. The molecule has 7 heteroatoms. The van der Waals surface area contributed by atoms with E-state index in [-0.39, 0.29) is 24.6 Å². The Hall–Kier alpha value is -1.34. The van der Waals surface area contributed by atoms with Crippen molar-refractivity contribution in [2.45, 2.75) is 31.9 Å². The summed E-state index contributed by atoms with van der Waals surface area (Å²) in [5, 5.41) is 11.7. The van der Waals surface area contributed by atoms with Crippen LogP contribution >= 0.6 is 0 Å². The smallest absolute Gasteiger partial charge is 0.317 e. The van der Waals surface area contributed by atoms with Crippen LogP contribution in [0, 0.1) is 0 Å². The van der Waals surface area contributed by atoms with Crippen LogP contribution in [-0.2, 0) is 9.53 Å².